The summed E-state index contributed by atoms with van der Waals surface area (Å²) in [6.07, 6.45) is 1.56. The standard InChI is InChI=1S/C12H14Cl2O2/c1-16-12-5-4-10(14)7-9(12)8-11(15)3-2-6-13/h4-5,7H,2-3,6,8H2,1H3. The zero-order chi connectivity index (χ0) is 12.0. The van der Waals surface area contributed by atoms with Crippen LogP contribution in [0.15, 0.2) is 18.2 Å². The second kappa shape index (κ2) is 6.77. The molecule has 0 aliphatic carbocycles. The molecular weight excluding hydrogens is 247 g/mol. The van der Waals surface area contributed by atoms with Gasteiger partial charge >= 0.3 is 0 Å². The minimum absolute atomic E-state index is 0.154. The lowest BCUT2D eigenvalue weighted by Gasteiger charge is -2.08. The molecule has 0 atom stereocenters. The summed E-state index contributed by atoms with van der Waals surface area (Å²) in [5.74, 6) is 1.36. The van der Waals surface area contributed by atoms with Crippen molar-refractivity contribution in [3.63, 3.8) is 0 Å². The van der Waals surface area contributed by atoms with Crippen LogP contribution in [0.3, 0.4) is 0 Å². The average Bonchev–Trinajstić information content (AvgIpc) is 2.27. The highest BCUT2D eigenvalue weighted by Gasteiger charge is 2.09. The molecule has 0 radical (unpaired) electrons. The predicted molar refractivity (Wildman–Crippen MR) is 66.7 cm³/mol. The van der Waals surface area contributed by atoms with Crippen molar-refractivity contribution >= 4 is 29.0 Å². The lowest BCUT2D eigenvalue weighted by molar-refractivity contribution is -0.118. The maximum Gasteiger partial charge on any atom is 0.137 e. The van der Waals surface area contributed by atoms with E-state index in [-0.39, 0.29) is 5.78 Å². The molecule has 0 amide bonds. The Bertz CT molecular complexity index is 364. The smallest absolute Gasteiger partial charge is 0.137 e. The highest BCUT2D eigenvalue weighted by atomic mass is 35.5. The fourth-order valence-electron chi connectivity index (χ4n) is 1.45. The molecule has 0 saturated carbocycles. The molecule has 16 heavy (non-hydrogen) atoms. The summed E-state index contributed by atoms with van der Waals surface area (Å²) < 4.78 is 5.17. The van der Waals surface area contributed by atoms with Gasteiger partial charge in [0, 0.05) is 29.3 Å². The van der Waals surface area contributed by atoms with Crippen molar-refractivity contribution in [2.24, 2.45) is 0 Å². The van der Waals surface area contributed by atoms with Crippen molar-refractivity contribution in [2.45, 2.75) is 19.3 Å². The van der Waals surface area contributed by atoms with Crippen molar-refractivity contribution in [1.82, 2.24) is 0 Å². The van der Waals surface area contributed by atoms with Crippen molar-refractivity contribution in [3.8, 4) is 5.75 Å². The molecule has 88 valence electrons. The van der Waals surface area contributed by atoms with Gasteiger partial charge in [0.25, 0.3) is 0 Å². The Hall–Kier alpha value is -0.730. The molecule has 0 unspecified atom stereocenters. The highest BCUT2D eigenvalue weighted by Crippen LogP contribution is 2.23. The number of ketones is 1. The highest BCUT2D eigenvalue weighted by molar-refractivity contribution is 6.30. The van der Waals surface area contributed by atoms with E-state index in [0.29, 0.717) is 35.9 Å². The number of methoxy groups -OCH3 is 1. The van der Waals surface area contributed by atoms with Gasteiger partial charge in [-0.05, 0) is 24.6 Å². The van der Waals surface area contributed by atoms with Gasteiger partial charge in [0.2, 0.25) is 0 Å². The number of halogens is 2. The number of ether oxygens (including phenoxy) is 1. The molecule has 0 bridgehead atoms. The SMILES string of the molecule is COc1ccc(Cl)cc1CC(=O)CCCCl. The van der Waals surface area contributed by atoms with E-state index in [2.05, 4.69) is 0 Å². The van der Waals surface area contributed by atoms with Gasteiger partial charge in [0.1, 0.15) is 11.5 Å². The Balaban J connectivity index is 2.71. The van der Waals surface area contributed by atoms with Crippen molar-refractivity contribution < 1.29 is 9.53 Å². The Labute approximate surface area is 106 Å². The molecule has 4 heteroatoms. The Morgan fingerprint density at radius 1 is 1.44 bits per heavy atom. The molecule has 0 spiro atoms. The quantitative estimate of drug-likeness (QED) is 0.733. The number of Topliss-reactive ketones (excluding diaryl/α,β-unsaturated/α-hetero) is 1. The molecule has 0 N–H and O–H groups in total. The minimum atomic E-state index is 0.154. The summed E-state index contributed by atoms with van der Waals surface area (Å²) in [6.45, 7) is 0. The van der Waals surface area contributed by atoms with Crippen LogP contribution in [0.4, 0.5) is 0 Å². The van der Waals surface area contributed by atoms with E-state index in [1.54, 1.807) is 25.3 Å². The Kier molecular flexibility index (Phi) is 5.64. The topological polar surface area (TPSA) is 26.3 Å². The number of hydrogen-bond donors (Lipinski definition) is 0. The van der Waals surface area contributed by atoms with Crippen LogP contribution < -0.4 is 4.74 Å². The van der Waals surface area contributed by atoms with Crippen LogP contribution in [0, 0.1) is 0 Å². The molecule has 1 aromatic rings. The van der Waals surface area contributed by atoms with E-state index >= 15 is 0 Å². The summed E-state index contributed by atoms with van der Waals surface area (Å²) in [5, 5.41) is 0.612. The van der Waals surface area contributed by atoms with Crippen LogP contribution in [0.25, 0.3) is 0 Å². The first-order valence-corrected chi connectivity index (χ1v) is 5.98. The van der Waals surface area contributed by atoms with Gasteiger partial charge in [-0.1, -0.05) is 11.6 Å². The minimum Gasteiger partial charge on any atom is -0.496 e. The summed E-state index contributed by atoms with van der Waals surface area (Å²) >= 11 is 11.4. The van der Waals surface area contributed by atoms with E-state index in [9.17, 15) is 4.79 Å². The van der Waals surface area contributed by atoms with E-state index in [0.717, 1.165) is 5.56 Å². The van der Waals surface area contributed by atoms with Crippen LogP contribution in [0.1, 0.15) is 18.4 Å². The normalized spacial score (nSPS) is 10.2. The van der Waals surface area contributed by atoms with Crippen LogP contribution in [0.2, 0.25) is 5.02 Å². The lowest BCUT2D eigenvalue weighted by atomic mass is 10.1. The molecular formula is C12H14Cl2O2. The summed E-state index contributed by atoms with van der Waals surface area (Å²) in [5.41, 5.74) is 0.828. The van der Waals surface area contributed by atoms with E-state index in [1.165, 1.54) is 0 Å². The third-order valence-electron chi connectivity index (χ3n) is 2.22. The van der Waals surface area contributed by atoms with Crippen molar-refractivity contribution in [1.29, 1.82) is 0 Å². The van der Waals surface area contributed by atoms with Gasteiger partial charge in [-0.15, -0.1) is 11.6 Å². The maximum absolute atomic E-state index is 11.6. The fraction of sp³-hybridized carbons (Fsp3) is 0.417. The molecule has 1 rings (SSSR count). The number of benzene rings is 1. The van der Waals surface area contributed by atoms with E-state index in [1.807, 2.05) is 0 Å². The second-order valence-electron chi connectivity index (χ2n) is 3.46. The van der Waals surface area contributed by atoms with Gasteiger partial charge in [-0.2, -0.15) is 0 Å². The maximum atomic E-state index is 11.6. The van der Waals surface area contributed by atoms with Gasteiger partial charge in [-0.3, -0.25) is 4.79 Å². The summed E-state index contributed by atoms with van der Waals surface area (Å²) in [6, 6.07) is 5.28. The first kappa shape index (κ1) is 13.3. The summed E-state index contributed by atoms with van der Waals surface area (Å²) in [4.78, 5) is 11.6. The lowest BCUT2D eigenvalue weighted by Crippen LogP contribution is -2.04. The summed E-state index contributed by atoms with van der Waals surface area (Å²) in [7, 11) is 1.58. The zero-order valence-corrected chi connectivity index (χ0v) is 10.6. The van der Waals surface area contributed by atoms with E-state index < -0.39 is 0 Å². The predicted octanol–water partition coefficient (Wildman–Crippen LogP) is 3.48. The molecule has 0 heterocycles. The largest absolute Gasteiger partial charge is 0.496 e. The van der Waals surface area contributed by atoms with Gasteiger partial charge in [0.15, 0.2) is 0 Å². The third kappa shape index (κ3) is 4.03. The molecule has 0 saturated heterocycles. The number of alkyl halides is 1. The average molecular weight is 261 g/mol. The van der Waals surface area contributed by atoms with E-state index in [4.69, 9.17) is 27.9 Å². The van der Waals surface area contributed by atoms with Gasteiger partial charge in [0.05, 0.1) is 7.11 Å². The van der Waals surface area contributed by atoms with Crippen LogP contribution in [-0.4, -0.2) is 18.8 Å². The fourth-order valence-corrected chi connectivity index (χ4v) is 1.78. The number of rotatable bonds is 6. The number of hydrogen-bond acceptors (Lipinski definition) is 2. The van der Waals surface area contributed by atoms with Crippen LogP contribution >= 0.6 is 23.2 Å². The molecule has 0 aromatic heterocycles. The van der Waals surface area contributed by atoms with Crippen molar-refractivity contribution in [3.05, 3.63) is 28.8 Å². The molecule has 0 fully saturated rings. The van der Waals surface area contributed by atoms with Crippen LogP contribution in [0.5, 0.6) is 5.75 Å². The molecule has 1 aromatic carbocycles. The Morgan fingerprint density at radius 3 is 2.81 bits per heavy atom. The Morgan fingerprint density at radius 2 is 2.19 bits per heavy atom. The zero-order valence-electron chi connectivity index (χ0n) is 9.13. The number of carbonyl (C=O) groups excluding carboxylic acids is 1. The third-order valence-corrected chi connectivity index (χ3v) is 2.72. The molecule has 0 aliphatic heterocycles. The molecule has 0 aliphatic rings. The first-order valence-electron chi connectivity index (χ1n) is 5.07. The van der Waals surface area contributed by atoms with Gasteiger partial charge < -0.3 is 4.74 Å². The van der Waals surface area contributed by atoms with Crippen molar-refractivity contribution in [2.75, 3.05) is 13.0 Å². The second-order valence-corrected chi connectivity index (χ2v) is 4.28. The monoisotopic (exact) mass is 260 g/mol. The molecule has 2 nitrogen and oxygen atoms in total. The first-order chi connectivity index (χ1) is 7.67. The number of carbonyl (C=O) groups is 1. The van der Waals surface area contributed by atoms with Crippen LogP contribution in [-0.2, 0) is 11.2 Å². The van der Waals surface area contributed by atoms with Gasteiger partial charge in [-0.25, -0.2) is 0 Å².